The van der Waals surface area contributed by atoms with Crippen molar-refractivity contribution < 1.29 is 19.1 Å². The summed E-state index contributed by atoms with van der Waals surface area (Å²) in [5.74, 6) is -0.823. The standard InChI is InChI=1S/C13H23N3O4S/c1-4-6-7-16-9-14-13(15-16)21-11(8-20-10(3)17)12(18)19-5-2/h11H,4-9H2,1-3H3,(H,14,15). The van der Waals surface area contributed by atoms with E-state index in [0.29, 0.717) is 18.4 Å². The lowest BCUT2D eigenvalue weighted by atomic mass is 10.3. The number of aliphatic imine (C=N–C) groups is 1. The van der Waals surface area contributed by atoms with E-state index in [9.17, 15) is 9.59 Å². The van der Waals surface area contributed by atoms with E-state index >= 15 is 0 Å². The van der Waals surface area contributed by atoms with Crippen LogP contribution in [0.5, 0.6) is 0 Å². The van der Waals surface area contributed by atoms with Gasteiger partial charge in [-0.2, -0.15) is 0 Å². The van der Waals surface area contributed by atoms with Crippen molar-refractivity contribution >= 4 is 28.9 Å². The second-order valence-electron chi connectivity index (χ2n) is 4.49. The number of carbonyl (C=O) groups is 2. The Balaban J connectivity index is 2.48. The number of nitrogens with one attached hydrogen (secondary N) is 1. The number of nitrogens with zero attached hydrogens (tertiary/aromatic N) is 2. The molecule has 0 aromatic carbocycles. The van der Waals surface area contributed by atoms with E-state index in [1.165, 1.54) is 18.7 Å². The SMILES string of the molecule is CCCCN1CN=C(SC(COC(C)=O)C(=O)OCC)N1. The van der Waals surface area contributed by atoms with Crippen molar-refractivity contribution in [3.05, 3.63) is 0 Å². The highest BCUT2D eigenvalue weighted by molar-refractivity contribution is 8.14. The van der Waals surface area contributed by atoms with Crippen molar-refractivity contribution in [2.75, 3.05) is 26.4 Å². The molecule has 1 rings (SSSR count). The lowest BCUT2D eigenvalue weighted by Crippen LogP contribution is -2.37. The molecule has 1 N–H and O–H groups in total. The van der Waals surface area contributed by atoms with Crippen LogP contribution in [0, 0.1) is 0 Å². The van der Waals surface area contributed by atoms with Gasteiger partial charge in [0.25, 0.3) is 0 Å². The second-order valence-corrected chi connectivity index (χ2v) is 5.69. The number of hydrogen-bond donors (Lipinski definition) is 1. The molecule has 8 heteroatoms. The van der Waals surface area contributed by atoms with Crippen molar-refractivity contribution in [1.82, 2.24) is 10.4 Å². The van der Waals surface area contributed by atoms with Crippen LogP contribution in [0.3, 0.4) is 0 Å². The Morgan fingerprint density at radius 1 is 1.43 bits per heavy atom. The first-order valence-electron chi connectivity index (χ1n) is 7.09. The van der Waals surface area contributed by atoms with Gasteiger partial charge in [0.15, 0.2) is 5.17 Å². The Kier molecular flexibility index (Phi) is 8.14. The molecule has 0 amide bonds. The molecule has 1 aliphatic rings. The number of rotatable bonds is 8. The van der Waals surface area contributed by atoms with Gasteiger partial charge in [-0.1, -0.05) is 25.1 Å². The maximum absolute atomic E-state index is 11.9. The van der Waals surface area contributed by atoms with Crippen LogP contribution in [0.4, 0.5) is 0 Å². The number of carbonyl (C=O) groups excluding carboxylic acids is 2. The van der Waals surface area contributed by atoms with Crippen LogP contribution >= 0.6 is 11.8 Å². The van der Waals surface area contributed by atoms with Gasteiger partial charge in [0.05, 0.1) is 6.61 Å². The third-order valence-electron chi connectivity index (χ3n) is 2.66. The first-order chi connectivity index (χ1) is 10.1. The molecule has 120 valence electrons. The number of unbranched alkanes of at least 4 members (excludes halogenated alkanes) is 1. The Hall–Kier alpha value is -1.28. The Labute approximate surface area is 129 Å². The van der Waals surface area contributed by atoms with Gasteiger partial charge in [0.2, 0.25) is 0 Å². The van der Waals surface area contributed by atoms with Crippen molar-refractivity contribution in [3.8, 4) is 0 Å². The number of hydrogen-bond acceptors (Lipinski definition) is 8. The maximum atomic E-state index is 11.9. The van der Waals surface area contributed by atoms with Gasteiger partial charge in [0.1, 0.15) is 18.5 Å². The molecule has 0 aromatic rings. The molecule has 0 aliphatic carbocycles. The molecule has 0 saturated carbocycles. The summed E-state index contributed by atoms with van der Waals surface area (Å²) in [7, 11) is 0. The molecule has 1 unspecified atom stereocenters. The highest BCUT2D eigenvalue weighted by Gasteiger charge is 2.27. The fourth-order valence-electron chi connectivity index (χ4n) is 1.61. The first-order valence-corrected chi connectivity index (χ1v) is 7.97. The zero-order valence-corrected chi connectivity index (χ0v) is 13.6. The largest absolute Gasteiger partial charge is 0.465 e. The van der Waals surface area contributed by atoms with E-state index in [1.807, 2.05) is 5.01 Å². The summed E-state index contributed by atoms with van der Waals surface area (Å²) in [4.78, 5) is 27.1. The third-order valence-corrected chi connectivity index (χ3v) is 3.72. The molecule has 1 atom stereocenters. The highest BCUT2D eigenvalue weighted by atomic mass is 32.2. The molecule has 1 heterocycles. The molecule has 0 fully saturated rings. The monoisotopic (exact) mass is 317 g/mol. The van der Waals surface area contributed by atoms with Gasteiger partial charge in [-0.15, -0.1) is 0 Å². The fourth-order valence-corrected chi connectivity index (χ4v) is 2.49. The Bertz CT molecular complexity index is 390. The molecule has 0 saturated heterocycles. The van der Waals surface area contributed by atoms with Crippen molar-refractivity contribution in [3.63, 3.8) is 0 Å². The molecule has 0 bridgehead atoms. The lowest BCUT2D eigenvalue weighted by Gasteiger charge is -2.17. The van der Waals surface area contributed by atoms with Gasteiger partial charge < -0.3 is 9.47 Å². The van der Waals surface area contributed by atoms with Crippen LogP contribution in [0.2, 0.25) is 0 Å². The first kappa shape index (κ1) is 17.8. The molecular weight excluding hydrogens is 294 g/mol. The van der Waals surface area contributed by atoms with Crippen molar-refractivity contribution in [2.45, 2.75) is 38.9 Å². The van der Waals surface area contributed by atoms with Crippen molar-refractivity contribution in [1.29, 1.82) is 0 Å². The summed E-state index contributed by atoms with van der Waals surface area (Å²) < 4.78 is 9.91. The van der Waals surface area contributed by atoms with Gasteiger partial charge in [-0.3, -0.25) is 15.0 Å². The van der Waals surface area contributed by atoms with Crippen LogP contribution < -0.4 is 5.43 Å². The third kappa shape index (κ3) is 6.81. The molecule has 1 aliphatic heterocycles. The van der Waals surface area contributed by atoms with Crippen LogP contribution in [-0.2, 0) is 19.1 Å². The lowest BCUT2D eigenvalue weighted by molar-refractivity contribution is -0.147. The minimum Gasteiger partial charge on any atom is -0.465 e. The minimum atomic E-state index is -0.605. The quantitative estimate of drug-likeness (QED) is 0.673. The number of hydrazine groups is 1. The average Bonchev–Trinajstić information content (AvgIpc) is 2.88. The van der Waals surface area contributed by atoms with Gasteiger partial charge in [0, 0.05) is 13.5 Å². The van der Waals surface area contributed by atoms with E-state index in [-0.39, 0.29) is 6.61 Å². The van der Waals surface area contributed by atoms with E-state index in [2.05, 4.69) is 17.3 Å². The zero-order chi connectivity index (χ0) is 15.7. The summed E-state index contributed by atoms with van der Waals surface area (Å²) in [5.41, 5.74) is 3.14. The molecule has 0 spiro atoms. The van der Waals surface area contributed by atoms with E-state index < -0.39 is 17.2 Å². The summed E-state index contributed by atoms with van der Waals surface area (Å²) in [5, 5.41) is 2.03. The molecule has 7 nitrogen and oxygen atoms in total. The molecule has 0 aromatic heterocycles. The predicted molar refractivity (Wildman–Crippen MR) is 81.7 cm³/mol. The molecular formula is C13H23N3O4S. The number of ether oxygens (including phenoxy) is 2. The van der Waals surface area contributed by atoms with Crippen LogP contribution in [0.15, 0.2) is 4.99 Å². The van der Waals surface area contributed by atoms with Gasteiger partial charge >= 0.3 is 11.9 Å². The summed E-state index contributed by atoms with van der Waals surface area (Å²) in [6, 6.07) is 0. The smallest absolute Gasteiger partial charge is 0.323 e. The summed E-state index contributed by atoms with van der Waals surface area (Å²) in [6.07, 6.45) is 2.19. The Morgan fingerprint density at radius 2 is 2.19 bits per heavy atom. The topological polar surface area (TPSA) is 80.2 Å². The maximum Gasteiger partial charge on any atom is 0.323 e. The van der Waals surface area contributed by atoms with Gasteiger partial charge in [-0.05, 0) is 13.3 Å². The predicted octanol–water partition coefficient (Wildman–Crippen LogP) is 1.15. The fraction of sp³-hybridized carbons (Fsp3) is 0.769. The van der Waals surface area contributed by atoms with Crippen LogP contribution in [0.25, 0.3) is 0 Å². The van der Waals surface area contributed by atoms with Crippen molar-refractivity contribution in [2.24, 2.45) is 4.99 Å². The molecule has 0 radical (unpaired) electrons. The number of thioether (sulfide) groups is 1. The number of amidine groups is 1. The van der Waals surface area contributed by atoms with E-state index in [4.69, 9.17) is 9.47 Å². The highest BCUT2D eigenvalue weighted by Crippen LogP contribution is 2.17. The number of esters is 2. The zero-order valence-electron chi connectivity index (χ0n) is 12.8. The average molecular weight is 317 g/mol. The second kappa shape index (κ2) is 9.62. The van der Waals surface area contributed by atoms with Crippen LogP contribution in [-0.4, -0.2) is 53.8 Å². The van der Waals surface area contributed by atoms with Crippen LogP contribution in [0.1, 0.15) is 33.6 Å². The Morgan fingerprint density at radius 3 is 2.81 bits per heavy atom. The van der Waals surface area contributed by atoms with Gasteiger partial charge in [-0.25, -0.2) is 10.0 Å². The normalized spacial score (nSPS) is 16.0. The van der Waals surface area contributed by atoms with E-state index in [1.54, 1.807) is 6.92 Å². The summed E-state index contributed by atoms with van der Waals surface area (Å²) >= 11 is 1.23. The molecule has 21 heavy (non-hydrogen) atoms. The summed E-state index contributed by atoms with van der Waals surface area (Å²) in [6.45, 7) is 6.91. The minimum absolute atomic E-state index is 0.0194. The van der Waals surface area contributed by atoms with E-state index in [0.717, 1.165) is 19.4 Å².